The van der Waals surface area contributed by atoms with Gasteiger partial charge in [0.1, 0.15) is 0 Å². The Morgan fingerprint density at radius 3 is 2.44 bits per heavy atom. The van der Waals surface area contributed by atoms with Gasteiger partial charge in [0.2, 0.25) is 0 Å². The lowest BCUT2D eigenvalue weighted by Crippen LogP contribution is -2.56. The number of hydrogen-bond acceptors (Lipinski definition) is 1. The molecule has 0 saturated heterocycles. The van der Waals surface area contributed by atoms with E-state index in [0.29, 0.717) is 5.92 Å². The van der Waals surface area contributed by atoms with Gasteiger partial charge in [-0.15, -0.1) is 0 Å². The summed E-state index contributed by atoms with van der Waals surface area (Å²) in [7, 11) is 1.09. The first-order valence-electron chi connectivity index (χ1n) is 6.60. The Labute approximate surface area is 114 Å². The molecule has 18 heavy (non-hydrogen) atoms. The van der Waals surface area contributed by atoms with Crippen molar-refractivity contribution in [3.8, 4) is 12.5 Å². The summed E-state index contributed by atoms with van der Waals surface area (Å²) in [6.45, 7) is 11.5. The molecule has 1 aliphatic heterocycles. The third-order valence-corrected chi connectivity index (χ3v) is 5.56. The van der Waals surface area contributed by atoms with E-state index in [1.165, 1.54) is 16.4 Å². The topological polar surface area (TPSA) is 3.24 Å². The highest BCUT2D eigenvalue weighted by molar-refractivity contribution is 6.32. The maximum Gasteiger partial charge on any atom is 0.0532 e. The second kappa shape index (κ2) is 3.90. The second-order valence-electron chi connectivity index (χ2n) is 6.58. The summed E-state index contributed by atoms with van der Waals surface area (Å²) in [5.41, 5.74) is 2.76. The summed E-state index contributed by atoms with van der Waals surface area (Å²) < 4.78 is 0. The van der Waals surface area contributed by atoms with E-state index in [0.717, 1.165) is 10.2 Å². The molecule has 1 unspecified atom stereocenters. The molecule has 0 fully saturated rings. The summed E-state index contributed by atoms with van der Waals surface area (Å²) in [5.74, 6) is 0.497. The summed E-state index contributed by atoms with van der Waals surface area (Å²) in [5, 5.41) is 1.44. The number of nitrogens with zero attached hydrogens (tertiary/aromatic N) is 1. The Kier molecular flexibility index (Phi) is 2.86. The smallest absolute Gasteiger partial charge is 0.0532 e. The molecule has 0 spiro atoms. The van der Waals surface area contributed by atoms with Gasteiger partial charge in [-0.05, 0) is 36.8 Å². The lowest BCUT2D eigenvalue weighted by molar-refractivity contribution is 0.209. The molecule has 0 saturated carbocycles. The summed E-state index contributed by atoms with van der Waals surface area (Å²) >= 11 is 0. The van der Waals surface area contributed by atoms with Crippen LogP contribution in [0.4, 0.5) is 5.69 Å². The molecule has 0 aromatic heterocycles. The average Bonchev–Trinajstić information content (AvgIpc) is 2.29. The maximum atomic E-state index is 5.77. The molecule has 0 bridgehead atoms. The molecule has 1 aliphatic rings. The predicted molar refractivity (Wildman–Crippen MR) is 83.6 cm³/mol. The van der Waals surface area contributed by atoms with Gasteiger partial charge in [0.25, 0.3) is 0 Å². The van der Waals surface area contributed by atoms with Crippen LogP contribution in [0.5, 0.6) is 0 Å². The van der Waals surface area contributed by atoms with Crippen molar-refractivity contribution < 1.29 is 0 Å². The Morgan fingerprint density at radius 2 is 1.89 bits per heavy atom. The number of rotatable bonds is 0. The predicted octanol–water partition coefficient (Wildman–Crippen LogP) is 1.78. The van der Waals surface area contributed by atoms with Crippen LogP contribution in [0.1, 0.15) is 40.2 Å². The first kappa shape index (κ1) is 13.2. The van der Waals surface area contributed by atoms with Crippen LogP contribution >= 0.6 is 0 Å². The minimum absolute atomic E-state index is 0.0159. The van der Waals surface area contributed by atoms with Crippen LogP contribution in [0, 0.1) is 18.4 Å². The Balaban J connectivity index is 2.76. The molecule has 1 atom stereocenters. The fourth-order valence-electron chi connectivity index (χ4n) is 3.22. The lowest BCUT2D eigenvalue weighted by Gasteiger charge is -2.53. The Bertz CT molecular complexity index is 522. The molecular weight excluding hydrogens is 234 g/mol. The molecule has 0 N–H and O–H groups in total. The van der Waals surface area contributed by atoms with Gasteiger partial charge in [-0.25, -0.2) is 0 Å². The largest absolute Gasteiger partial charge is 0.296 e. The van der Waals surface area contributed by atoms with E-state index in [-0.39, 0.29) is 11.0 Å². The van der Waals surface area contributed by atoms with Crippen LogP contribution in [0.3, 0.4) is 0 Å². The highest BCUT2D eigenvalue weighted by Crippen LogP contribution is 2.49. The van der Waals surface area contributed by atoms with E-state index >= 15 is 0 Å². The van der Waals surface area contributed by atoms with Crippen molar-refractivity contribution >= 4 is 21.1 Å². The van der Waals surface area contributed by atoms with E-state index in [4.69, 9.17) is 6.42 Å². The highest BCUT2D eigenvalue weighted by atomic mass is 28.1. The summed E-state index contributed by atoms with van der Waals surface area (Å²) in [6.07, 6.45) is 5.77. The van der Waals surface area contributed by atoms with E-state index in [1.54, 1.807) is 0 Å². The number of anilines is 1. The molecule has 2 heteroatoms. The van der Waals surface area contributed by atoms with Crippen LogP contribution in [0.2, 0.25) is 0 Å². The Morgan fingerprint density at radius 1 is 1.28 bits per heavy atom. The first-order valence-corrected chi connectivity index (χ1v) is 7.60. The van der Waals surface area contributed by atoms with Gasteiger partial charge in [-0.3, -0.25) is 4.90 Å². The summed E-state index contributed by atoms with van der Waals surface area (Å²) in [4.78, 5) is 2.11. The zero-order valence-electron chi connectivity index (χ0n) is 12.3. The van der Waals surface area contributed by atoms with Gasteiger partial charge < -0.3 is 0 Å². The van der Waals surface area contributed by atoms with Gasteiger partial charge >= 0.3 is 0 Å². The van der Waals surface area contributed by atoms with Gasteiger partial charge in [0, 0.05) is 16.3 Å². The number of benzene rings is 1. The Hall–Kier alpha value is -1.20. The van der Waals surface area contributed by atoms with Crippen molar-refractivity contribution in [1.29, 1.82) is 0 Å². The van der Waals surface area contributed by atoms with Crippen LogP contribution in [-0.2, 0) is 5.41 Å². The molecule has 1 aromatic carbocycles. The standard InChI is InChI=1S/C16H23NSi/c1-7-17-14-9-8-12(18)10-13(14)15(3,4)11(2)16(17,5)6/h1,8-11H,2-6,18H3. The fourth-order valence-corrected chi connectivity index (χ4v) is 3.67. The van der Waals surface area contributed by atoms with Gasteiger partial charge in [-0.1, -0.05) is 44.5 Å². The molecule has 2 rings (SSSR count). The lowest BCUT2D eigenvalue weighted by atomic mass is 9.62. The fraction of sp³-hybridized carbons (Fsp3) is 0.500. The minimum Gasteiger partial charge on any atom is -0.296 e. The van der Waals surface area contributed by atoms with Crippen LogP contribution in [0.15, 0.2) is 18.2 Å². The third-order valence-electron chi connectivity index (χ3n) is 4.93. The zero-order chi connectivity index (χ0) is 13.7. The van der Waals surface area contributed by atoms with E-state index in [1.807, 2.05) is 0 Å². The molecule has 0 radical (unpaired) electrons. The van der Waals surface area contributed by atoms with Crippen LogP contribution in [0.25, 0.3) is 0 Å². The normalized spacial score (nSPS) is 24.4. The van der Waals surface area contributed by atoms with Crippen molar-refractivity contribution in [2.24, 2.45) is 5.92 Å². The number of hydrogen-bond donors (Lipinski definition) is 0. The second-order valence-corrected chi connectivity index (χ2v) is 7.74. The van der Waals surface area contributed by atoms with Crippen molar-refractivity contribution in [1.82, 2.24) is 0 Å². The zero-order valence-corrected chi connectivity index (χ0v) is 14.3. The van der Waals surface area contributed by atoms with Crippen LogP contribution in [-0.4, -0.2) is 15.8 Å². The molecule has 1 heterocycles. The summed E-state index contributed by atoms with van der Waals surface area (Å²) in [6, 6.07) is 9.63. The SMILES string of the molecule is C#CN1c2ccc([SiH3])cc2C(C)(C)C(C)C1(C)C. The number of fused-ring (bicyclic) bond motifs is 1. The van der Waals surface area contributed by atoms with Crippen molar-refractivity contribution in [3.05, 3.63) is 23.8 Å². The molecule has 1 aromatic rings. The molecular formula is C16H23NSi. The highest BCUT2D eigenvalue weighted by Gasteiger charge is 2.48. The van der Waals surface area contributed by atoms with E-state index < -0.39 is 0 Å². The van der Waals surface area contributed by atoms with E-state index in [9.17, 15) is 0 Å². The molecule has 0 amide bonds. The molecule has 0 aliphatic carbocycles. The van der Waals surface area contributed by atoms with Gasteiger partial charge in [-0.2, -0.15) is 0 Å². The van der Waals surface area contributed by atoms with Crippen molar-refractivity contribution in [2.45, 2.75) is 45.6 Å². The maximum absolute atomic E-state index is 5.77. The average molecular weight is 257 g/mol. The molecule has 96 valence electrons. The number of terminal acetylenes is 1. The molecule has 1 nitrogen and oxygen atoms in total. The van der Waals surface area contributed by atoms with Crippen molar-refractivity contribution in [3.63, 3.8) is 0 Å². The van der Waals surface area contributed by atoms with Gasteiger partial charge in [0.15, 0.2) is 0 Å². The first-order chi connectivity index (χ1) is 8.22. The van der Waals surface area contributed by atoms with E-state index in [2.05, 4.69) is 63.8 Å². The monoisotopic (exact) mass is 257 g/mol. The van der Waals surface area contributed by atoms with Gasteiger partial charge in [0.05, 0.1) is 11.2 Å². The minimum atomic E-state index is -0.0159. The van der Waals surface area contributed by atoms with Crippen LogP contribution < -0.4 is 10.1 Å². The van der Waals surface area contributed by atoms with Crippen molar-refractivity contribution in [2.75, 3.05) is 4.90 Å². The quantitative estimate of drug-likeness (QED) is 0.506. The third kappa shape index (κ3) is 1.61.